The molecule has 2 aliphatic heterocycles. The smallest absolute Gasteiger partial charge is 0.138 e. The number of fused-ring (bicyclic) bond motifs is 1. The topological polar surface area (TPSA) is 53.1 Å². The summed E-state index contributed by atoms with van der Waals surface area (Å²) in [5.74, 6) is 1.10. The number of halogens is 1. The van der Waals surface area contributed by atoms with Gasteiger partial charge < -0.3 is 15.0 Å². The molecule has 0 radical (unpaired) electrons. The summed E-state index contributed by atoms with van der Waals surface area (Å²) < 4.78 is 8.08. The third-order valence-electron chi connectivity index (χ3n) is 3.63. The Bertz CT molecular complexity index is 374. The van der Waals surface area contributed by atoms with E-state index in [2.05, 4.69) is 9.55 Å². The number of hydrogen-bond donors (Lipinski definition) is 1. The number of hydrogen-bond acceptors (Lipinski definition) is 3. The Labute approximate surface area is 108 Å². The number of ether oxygens (including phenoxy) is 1. The van der Waals surface area contributed by atoms with Gasteiger partial charge in [-0.25, -0.2) is 4.98 Å². The van der Waals surface area contributed by atoms with Gasteiger partial charge >= 0.3 is 0 Å². The number of nitrogens with zero attached hydrogens (tertiary/aromatic N) is 2. The maximum absolute atomic E-state index is 6.02. The number of nitrogens with two attached hydrogens (primary N) is 1. The molecule has 2 N–H and O–H groups in total. The molecule has 0 bridgehead atoms. The van der Waals surface area contributed by atoms with Gasteiger partial charge in [0.2, 0.25) is 0 Å². The fourth-order valence-electron chi connectivity index (χ4n) is 2.70. The van der Waals surface area contributed by atoms with Crippen molar-refractivity contribution in [2.45, 2.75) is 50.8 Å². The first kappa shape index (κ1) is 12.9. The molecule has 1 saturated heterocycles. The molecule has 0 amide bonds. The third-order valence-corrected chi connectivity index (χ3v) is 3.63. The second-order valence-electron chi connectivity index (χ2n) is 4.87. The van der Waals surface area contributed by atoms with Crippen LogP contribution in [0.2, 0.25) is 0 Å². The van der Waals surface area contributed by atoms with Gasteiger partial charge in [0.1, 0.15) is 11.9 Å². The molecule has 0 spiro atoms. The van der Waals surface area contributed by atoms with Crippen molar-refractivity contribution < 1.29 is 4.74 Å². The predicted octanol–water partition coefficient (Wildman–Crippen LogP) is 1.82. The van der Waals surface area contributed by atoms with E-state index >= 15 is 0 Å². The van der Waals surface area contributed by atoms with Crippen molar-refractivity contribution in [3.8, 4) is 0 Å². The summed E-state index contributed by atoms with van der Waals surface area (Å²) in [6.07, 6.45) is 7.87. The summed E-state index contributed by atoms with van der Waals surface area (Å²) in [6, 6.07) is 0.282. The Morgan fingerprint density at radius 3 is 3.00 bits per heavy atom. The average Bonchev–Trinajstić information content (AvgIpc) is 2.73. The fraction of sp³-hybridized carbons (Fsp3) is 0.750. The maximum atomic E-state index is 6.02. The Morgan fingerprint density at radius 1 is 1.35 bits per heavy atom. The van der Waals surface area contributed by atoms with Gasteiger partial charge in [-0.15, -0.1) is 12.4 Å². The summed E-state index contributed by atoms with van der Waals surface area (Å²) in [6.45, 7) is 1.78. The molecule has 1 aromatic rings. The molecule has 0 saturated carbocycles. The van der Waals surface area contributed by atoms with Gasteiger partial charge in [-0.3, -0.25) is 0 Å². The summed E-state index contributed by atoms with van der Waals surface area (Å²) >= 11 is 0. The highest BCUT2D eigenvalue weighted by molar-refractivity contribution is 5.85. The Hall–Kier alpha value is -0.580. The highest BCUT2D eigenvalue weighted by atomic mass is 35.5. The van der Waals surface area contributed by atoms with Crippen molar-refractivity contribution in [1.82, 2.24) is 9.55 Å². The zero-order valence-corrected chi connectivity index (χ0v) is 10.8. The maximum Gasteiger partial charge on any atom is 0.138 e. The first-order valence-electron chi connectivity index (χ1n) is 6.26. The van der Waals surface area contributed by atoms with Crippen LogP contribution < -0.4 is 5.73 Å². The predicted molar refractivity (Wildman–Crippen MR) is 68.3 cm³/mol. The molecule has 0 aromatic carbocycles. The molecule has 2 unspecified atom stereocenters. The number of imidazole rings is 1. The van der Waals surface area contributed by atoms with E-state index < -0.39 is 0 Å². The van der Waals surface area contributed by atoms with Gasteiger partial charge in [-0.1, -0.05) is 0 Å². The van der Waals surface area contributed by atoms with Crippen molar-refractivity contribution in [3.63, 3.8) is 0 Å². The summed E-state index contributed by atoms with van der Waals surface area (Å²) in [4.78, 5) is 4.54. The minimum atomic E-state index is 0. The summed E-state index contributed by atoms with van der Waals surface area (Å²) in [5, 5.41) is 0. The van der Waals surface area contributed by atoms with Crippen molar-refractivity contribution in [2.24, 2.45) is 5.73 Å². The van der Waals surface area contributed by atoms with Gasteiger partial charge in [0.05, 0.1) is 0 Å². The van der Waals surface area contributed by atoms with Crippen LogP contribution >= 0.6 is 12.4 Å². The zero-order valence-electron chi connectivity index (χ0n) is 9.97. The second kappa shape index (κ2) is 5.38. The lowest BCUT2D eigenvalue weighted by Gasteiger charge is -2.27. The van der Waals surface area contributed by atoms with E-state index in [4.69, 9.17) is 10.5 Å². The number of aromatic nitrogens is 2. The zero-order chi connectivity index (χ0) is 11.0. The molecule has 3 heterocycles. The van der Waals surface area contributed by atoms with Crippen LogP contribution in [0, 0.1) is 0 Å². The largest absolute Gasteiger partial charge is 0.370 e. The van der Waals surface area contributed by atoms with Gasteiger partial charge in [0.15, 0.2) is 0 Å². The Kier molecular flexibility index (Phi) is 4.07. The van der Waals surface area contributed by atoms with Crippen molar-refractivity contribution >= 4 is 12.4 Å². The standard InChI is InChI=1S/C12H19N3O.ClH/c13-9-4-5-10-7-14-12(15(10)8-9)11-3-1-2-6-16-11;/h7,9,11H,1-6,8,13H2;1H. The molecule has 1 fully saturated rings. The van der Waals surface area contributed by atoms with Crippen LogP contribution in [-0.2, 0) is 17.7 Å². The third kappa shape index (κ3) is 2.49. The van der Waals surface area contributed by atoms with Gasteiger partial charge in [-0.05, 0) is 32.1 Å². The van der Waals surface area contributed by atoms with Crippen LogP contribution in [0.4, 0.5) is 0 Å². The van der Waals surface area contributed by atoms with Crippen LogP contribution in [0.5, 0.6) is 0 Å². The first-order chi connectivity index (χ1) is 7.84. The Morgan fingerprint density at radius 2 is 2.24 bits per heavy atom. The van der Waals surface area contributed by atoms with Gasteiger partial charge in [0.25, 0.3) is 0 Å². The van der Waals surface area contributed by atoms with Crippen LogP contribution in [0.1, 0.15) is 43.3 Å². The van der Waals surface area contributed by atoms with Crippen molar-refractivity contribution in [3.05, 3.63) is 17.7 Å². The molecule has 4 nitrogen and oxygen atoms in total. The highest BCUT2D eigenvalue weighted by Crippen LogP contribution is 2.29. The molecular formula is C12H20ClN3O. The monoisotopic (exact) mass is 257 g/mol. The summed E-state index contributed by atoms with van der Waals surface area (Å²) in [7, 11) is 0. The van der Waals surface area contributed by atoms with Gasteiger partial charge in [0, 0.05) is 31.1 Å². The van der Waals surface area contributed by atoms with E-state index in [9.17, 15) is 0 Å². The lowest BCUT2D eigenvalue weighted by molar-refractivity contribution is 0.00683. The quantitative estimate of drug-likeness (QED) is 0.835. The van der Waals surface area contributed by atoms with Crippen LogP contribution in [0.25, 0.3) is 0 Å². The van der Waals surface area contributed by atoms with E-state index in [-0.39, 0.29) is 24.6 Å². The van der Waals surface area contributed by atoms with E-state index in [1.807, 2.05) is 6.20 Å². The molecule has 5 heteroatoms. The SMILES string of the molecule is Cl.NC1CCc2cnc(C3CCCCO3)n2C1. The first-order valence-corrected chi connectivity index (χ1v) is 6.26. The average molecular weight is 258 g/mol. The van der Waals surface area contributed by atoms with E-state index in [1.165, 1.54) is 18.5 Å². The summed E-state index contributed by atoms with van der Waals surface area (Å²) in [5.41, 5.74) is 7.34. The van der Waals surface area contributed by atoms with Gasteiger partial charge in [-0.2, -0.15) is 0 Å². The molecule has 3 rings (SSSR count). The Balaban J connectivity index is 0.00000108. The number of rotatable bonds is 1. The molecule has 17 heavy (non-hydrogen) atoms. The van der Waals surface area contributed by atoms with Crippen LogP contribution in [0.3, 0.4) is 0 Å². The van der Waals surface area contributed by atoms with E-state index in [0.29, 0.717) is 0 Å². The van der Waals surface area contributed by atoms with Crippen LogP contribution in [-0.4, -0.2) is 22.2 Å². The fourth-order valence-corrected chi connectivity index (χ4v) is 2.70. The minimum Gasteiger partial charge on any atom is -0.370 e. The molecule has 96 valence electrons. The van der Waals surface area contributed by atoms with Crippen molar-refractivity contribution in [2.75, 3.05) is 6.61 Å². The molecular weight excluding hydrogens is 238 g/mol. The normalized spacial score (nSPS) is 28.3. The van der Waals surface area contributed by atoms with Crippen molar-refractivity contribution in [1.29, 1.82) is 0 Å². The minimum absolute atomic E-state index is 0. The number of aryl methyl sites for hydroxylation is 1. The molecule has 2 aliphatic rings. The van der Waals surface area contributed by atoms with E-state index in [0.717, 1.165) is 38.2 Å². The second-order valence-corrected chi connectivity index (χ2v) is 4.87. The molecule has 0 aliphatic carbocycles. The highest BCUT2D eigenvalue weighted by Gasteiger charge is 2.25. The lowest BCUT2D eigenvalue weighted by atomic mass is 10.1. The van der Waals surface area contributed by atoms with E-state index in [1.54, 1.807) is 0 Å². The molecule has 2 atom stereocenters. The van der Waals surface area contributed by atoms with Crippen LogP contribution in [0.15, 0.2) is 6.20 Å². The molecule has 1 aromatic heterocycles. The lowest BCUT2D eigenvalue weighted by Crippen LogP contribution is -2.33.